The van der Waals surface area contributed by atoms with Crippen molar-refractivity contribution in [3.8, 4) is 0 Å². The molecule has 8 nitrogen and oxygen atoms in total. The number of hydrogen-bond donors (Lipinski definition) is 3. The van der Waals surface area contributed by atoms with Crippen LogP contribution in [0.5, 0.6) is 0 Å². The molecule has 0 bridgehead atoms. The highest BCUT2D eigenvalue weighted by atomic mass is 32.2. The third-order valence-corrected chi connectivity index (χ3v) is 11.1. The van der Waals surface area contributed by atoms with Crippen LogP contribution in [-0.2, 0) is 27.2 Å². The number of thioether (sulfide) groups is 1. The Hall–Kier alpha value is -4.67. The van der Waals surface area contributed by atoms with Crippen LogP contribution in [-0.4, -0.2) is 36.1 Å². The van der Waals surface area contributed by atoms with Gasteiger partial charge in [-0.1, -0.05) is 74.9 Å². The molecule has 1 aromatic heterocycles. The number of anilines is 2. The van der Waals surface area contributed by atoms with Crippen molar-refractivity contribution >= 4 is 63.6 Å². The minimum atomic E-state index is -0.518. The summed E-state index contributed by atoms with van der Waals surface area (Å²) >= 11 is 2.80. The Labute approximate surface area is 302 Å². The van der Waals surface area contributed by atoms with E-state index >= 15 is 0 Å². The number of fused-ring (bicyclic) bond motifs is 1. The molecule has 10 heteroatoms. The number of carbonyl (C=O) groups excluding carboxylic acids is 4. The van der Waals surface area contributed by atoms with Crippen LogP contribution in [0.25, 0.3) is 6.08 Å². The standard InChI is InChI=1S/C40H43N3O5S2/c1-24-15-17-26(18-16-24)21-32(42-36(45)27-11-8-7-9-12-27)37(46)41-29-13-10-14-30(23-29)49-25(2)35(44)43-38-34(39(47)48-6)31-20-19-28(40(3,4)5)22-33(31)50-38/h7-18,21,23,25,28H,19-20,22H2,1-6H3,(H,41,46)(H,42,45)(H,43,44)/b32-21-. The van der Waals surface area contributed by atoms with Crippen LogP contribution in [0.1, 0.15) is 76.4 Å². The molecule has 0 aliphatic heterocycles. The molecule has 3 amide bonds. The summed E-state index contributed by atoms with van der Waals surface area (Å²) < 4.78 is 5.13. The molecule has 260 valence electrons. The highest BCUT2D eigenvalue weighted by molar-refractivity contribution is 8.00. The molecule has 0 radical (unpaired) electrons. The molecule has 3 aromatic carbocycles. The van der Waals surface area contributed by atoms with Gasteiger partial charge in [0.05, 0.1) is 17.9 Å². The number of ether oxygens (including phenoxy) is 1. The summed E-state index contributed by atoms with van der Waals surface area (Å²) in [4.78, 5) is 54.8. The average Bonchev–Trinajstić information content (AvgIpc) is 3.45. The molecule has 3 N–H and O–H groups in total. The second-order valence-electron chi connectivity index (χ2n) is 13.5. The Morgan fingerprint density at radius 3 is 2.36 bits per heavy atom. The van der Waals surface area contributed by atoms with Crippen molar-refractivity contribution < 1.29 is 23.9 Å². The Kier molecular flexibility index (Phi) is 11.6. The summed E-state index contributed by atoms with van der Waals surface area (Å²) in [6.07, 6.45) is 4.25. The topological polar surface area (TPSA) is 114 Å². The second-order valence-corrected chi connectivity index (χ2v) is 16.0. The summed E-state index contributed by atoms with van der Waals surface area (Å²) in [5.74, 6) is -1.09. The second kappa shape index (κ2) is 15.9. The average molecular weight is 710 g/mol. The highest BCUT2D eigenvalue weighted by Gasteiger charge is 2.34. The molecule has 50 heavy (non-hydrogen) atoms. The molecule has 0 spiro atoms. The molecular formula is C40H43N3O5S2. The predicted octanol–water partition coefficient (Wildman–Crippen LogP) is 8.52. The Morgan fingerprint density at radius 1 is 0.960 bits per heavy atom. The molecule has 4 aromatic rings. The normalized spacial score (nSPS) is 15.0. The number of hydrogen-bond acceptors (Lipinski definition) is 7. The monoisotopic (exact) mass is 709 g/mol. The fraction of sp³-hybridized carbons (Fsp3) is 0.300. The summed E-state index contributed by atoms with van der Waals surface area (Å²) in [6.45, 7) is 10.5. The van der Waals surface area contributed by atoms with Crippen LogP contribution in [0.4, 0.5) is 10.7 Å². The van der Waals surface area contributed by atoms with Gasteiger partial charge in [-0.05, 0) is 92.0 Å². The molecule has 0 saturated heterocycles. The van der Waals surface area contributed by atoms with Gasteiger partial charge in [-0.3, -0.25) is 14.4 Å². The van der Waals surface area contributed by atoms with E-state index in [1.807, 2.05) is 43.3 Å². The SMILES string of the molecule is COC(=O)c1c(NC(=O)C(C)Sc2cccc(NC(=O)/C(=C/c3ccc(C)cc3)NC(=O)c3ccccc3)c2)sc2c1CCC(C(C)(C)C)C2. The third kappa shape index (κ3) is 9.11. The predicted molar refractivity (Wildman–Crippen MR) is 203 cm³/mol. The lowest BCUT2D eigenvalue weighted by molar-refractivity contribution is -0.115. The molecule has 1 aliphatic rings. The number of aryl methyl sites for hydroxylation is 1. The number of carbonyl (C=O) groups is 4. The largest absolute Gasteiger partial charge is 0.465 e. The van der Waals surface area contributed by atoms with Crippen molar-refractivity contribution in [2.75, 3.05) is 17.7 Å². The van der Waals surface area contributed by atoms with E-state index in [9.17, 15) is 19.2 Å². The van der Waals surface area contributed by atoms with Crippen LogP contribution >= 0.6 is 23.1 Å². The van der Waals surface area contributed by atoms with E-state index in [0.29, 0.717) is 27.7 Å². The Balaban J connectivity index is 1.29. The van der Waals surface area contributed by atoms with E-state index < -0.39 is 23.0 Å². The van der Waals surface area contributed by atoms with Crippen molar-refractivity contribution in [1.82, 2.24) is 5.32 Å². The van der Waals surface area contributed by atoms with Crippen molar-refractivity contribution in [2.24, 2.45) is 11.3 Å². The van der Waals surface area contributed by atoms with E-state index in [1.165, 1.54) is 30.2 Å². The molecule has 1 aliphatic carbocycles. The van der Waals surface area contributed by atoms with Crippen molar-refractivity contribution in [3.63, 3.8) is 0 Å². The fourth-order valence-corrected chi connectivity index (χ4v) is 8.06. The van der Waals surface area contributed by atoms with Gasteiger partial charge in [-0.2, -0.15) is 0 Å². The lowest BCUT2D eigenvalue weighted by Gasteiger charge is -2.33. The number of amides is 3. The van der Waals surface area contributed by atoms with Crippen molar-refractivity contribution in [1.29, 1.82) is 0 Å². The molecule has 5 rings (SSSR count). The number of methoxy groups -OCH3 is 1. The summed E-state index contributed by atoms with van der Waals surface area (Å²) in [6, 6.07) is 23.5. The van der Waals surface area contributed by atoms with Crippen LogP contribution in [0, 0.1) is 18.3 Å². The number of esters is 1. The van der Waals surface area contributed by atoms with Gasteiger partial charge in [0, 0.05) is 21.0 Å². The first-order valence-corrected chi connectivity index (χ1v) is 18.3. The van der Waals surface area contributed by atoms with Gasteiger partial charge in [0.15, 0.2) is 0 Å². The molecule has 2 unspecified atom stereocenters. The summed E-state index contributed by atoms with van der Waals surface area (Å²) in [7, 11) is 1.36. The first-order valence-electron chi connectivity index (χ1n) is 16.6. The lowest BCUT2D eigenvalue weighted by Crippen LogP contribution is -2.30. The van der Waals surface area contributed by atoms with Gasteiger partial charge in [-0.25, -0.2) is 4.79 Å². The quantitative estimate of drug-likeness (QED) is 0.0865. The zero-order valence-electron chi connectivity index (χ0n) is 29.2. The molecule has 0 saturated carbocycles. The first-order chi connectivity index (χ1) is 23.8. The van der Waals surface area contributed by atoms with Crippen LogP contribution in [0.15, 0.2) is 89.5 Å². The minimum absolute atomic E-state index is 0.0855. The number of nitrogens with one attached hydrogen (secondary N) is 3. The molecule has 2 atom stereocenters. The van der Waals surface area contributed by atoms with Crippen LogP contribution in [0.3, 0.4) is 0 Å². The molecular weight excluding hydrogens is 667 g/mol. The summed E-state index contributed by atoms with van der Waals surface area (Å²) in [5.41, 5.74) is 4.44. The van der Waals surface area contributed by atoms with E-state index in [-0.39, 0.29) is 17.0 Å². The van der Waals surface area contributed by atoms with E-state index in [2.05, 4.69) is 36.7 Å². The van der Waals surface area contributed by atoms with Gasteiger partial charge < -0.3 is 20.7 Å². The smallest absolute Gasteiger partial charge is 0.341 e. The van der Waals surface area contributed by atoms with Crippen LogP contribution < -0.4 is 16.0 Å². The van der Waals surface area contributed by atoms with E-state index in [4.69, 9.17) is 4.74 Å². The van der Waals surface area contributed by atoms with Gasteiger partial charge in [-0.15, -0.1) is 23.1 Å². The Morgan fingerprint density at radius 2 is 1.68 bits per heavy atom. The van der Waals surface area contributed by atoms with Gasteiger partial charge >= 0.3 is 5.97 Å². The summed E-state index contributed by atoms with van der Waals surface area (Å²) in [5, 5.41) is 8.69. The number of rotatable bonds is 10. The maximum atomic E-state index is 13.6. The van der Waals surface area contributed by atoms with Crippen molar-refractivity contribution in [3.05, 3.63) is 117 Å². The maximum absolute atomic E-state index is 13.6. The first kappa shape index (κ1) is 36.6. The van der Waals surface area contributed by atoms with Gasteiger partial charge in [0.25, 0.3) is 11.8 Å². The van der Waals surface area contributed by atoms with Crippen LogP contribution in [0.2, 0.25) is 0 Å². The highest BCUT2D eigenvalue weighted by Crippen LogP contribution is 2.44. The van der Waals surface area contributed by atoms with Gasteiger partial charge in [0.1, 0.15) is 10.7 Å². The Bertz CT molecular complexity index is 1910. The molecule has 1 heterocycles. The number of thiophene rings is 1. The maximum Gasteiger partial charge on any atom is 0.341 e. The third-order valence-electron chi connectivity index (χ3n) is 8.81. The zero-order chi connectivity index (χ0) is 36.0. The van der Waals surface area contributed by atoms with Gasteiger partial charge in [0.2, 0.25) is 5.91 Å². The van der Waals surface area contributed by atoms with Crippen molar-refractivity contribution in [2.45, 2.75) is 64.0 Å². The fourth-order valence-electron chi connectivity index (χ4n) is 5.82. The van der Waals surface area contributed by atoms with E-state index in [1.54, 1.807) is 55.5 Å². The zero-order valence-corrected chi connectivity index (χ0v) is 30.8. The molecule has 0 fully saturated rings. The van der Waals surface area contributed by atoms with E-state index in [0.717, 1.165) is 45.7 Å². The lowest BCUT2D eigenvalue weighted by atomic mass is 9.72. The minimum Gasteiger partial charge on any atom is -0.465 e. The number of benzene rings is 3.